The number of ether oxygens (including phenoxy) is 2. The first-order valence-electron chi connectivity index (χ1n) is 9.37. The number of methoxy groups -OCH3 is 1. The van der Waals surface area contributed by atoms with Crippen molar-refractivity contribution < 1.29 is 14.3 Å². The van der Waals surface area contributed by atoms with Gasteiger partial charge in [-0.25, -0.2) is 0 Å². The first kappa shape index (κ1) is 18.1. The zero-order chi connectivity index (χ0) is 19.5. The molecule has 0 spiro atoms. The summed E-state index contributed by atoms with van der Waals surface area (Å²) >= 11 is 0. The molecule has 1 N–H and O–H groups in total. The topological polar surface area (TPSA) is 67.5 Å². The Bertz CT molecular complexity index is 968. The van der Waals surface area contributed by atoms with Gasteiger partial charge in [0.2, 0.25) is 0 Å². The minimum Gasteiger partial charge on any atom is -0.493 e. The molecule has 2 heterocycles. The lowest BCUT2D eigenvalue weighted by atomic mass is 10.0. The number of carbonyl (C=O) groups excluding carboxylic acids is 1. The van der Waals surface area contributed by atoms with Crippen LogP contribution in [0.25, 0.3) is 11.3 Å². The van der Waals surface area contributed by atoms with Gasteiger partial charge in [-0.1, -0.05) is 42.5 Å². The molecule has 0 radical (unpaired) electrons. The molecule has 0 fully saturated rings. The Morgan fingerprint density at radius 1 is 1.11 bits per heavy atom. The molecular weight excluding hydrogens is 354 g/mol. The summed E-state index contributed by atoms with van der Waals surface area (Å²) in [5, 5.41) is 7.62. The Balaban J connectivity index is 1.51. The van der Waals surface area contributed by atoms with E-state index in [2.05, 4.69) is 10.2 Å². The van der Waals surface area contributed by atoms with Crippen molar-refractivity contribution in [1.82, 2.24) is 15.1 Å². The molecule has 0 bridgehead atoms. The number of aromatic amines is 1. The summed E-state index contributed by atoms with van der Waals surface area (Å²) in [6.07, 6.45) is 0.146. The average molecular weight is 377 g/mol. The number of rotatable bonds is 5. The van der Waals surface area contributed by atoms with Crippen LogP contribution < -0.4 is 9.47 Å². The fourth-order valence-corrected chi connectivity index (χ4v) is 3.53. The highest BCUT2D eigenvalue weighted by molar-refractivity contribution is 5.81. The summed E-state index contributed by atoms with van der Waals surface area (Å²) in [6, 6.07) is 17.4. The monoisotopic (exact) mass is 377 g/mol. The van der Waals surface area contributed by atoms with Gasteiger partial charge in [-0.3, -0.25) is 9.89 Å². The summed E-state index contributed by atoms with van der Waals surface area (Å²) < 4.78 is 11.2. The van der Waals surface area contributed by atoms with Crippen LogP contribution in [-0.2, 0) is 17.8 Å². The molecule has 6 nitrogen and oxygen atoms in total. The van der Waals surface area contributed by atoms with Crippen LogP contribution in [0.2, 0.25) is 0 Å². The highest BCUT2D eigenvalue weighted by Crippen LogP contribution is 2.30. The fourth-order valence-electron chi connectivity index (χ4n) is 3.53. The maximum Gasteiger partial charge on any atom is 0.263 e. The highest BCUT2D eigenvalue weighted by atomic mass is 16.5. The van der Waals surface area contributed by atoms with Crippen molar-refractivity contribution in [3.05, 3.63) is 65.9 Å². The van der Waals surface area contributed by atoms with Crippen LogP contribution >= 0.6 is 0 Å². The summed E-state index contributed by atoms with van der Waals surface area (Å²) in [7, 11) is 1.59. The minimum atomic E-state index is -0.607. The third-order valence-corrected chi connectivity index (χ3v) is 5.01. The number of H-pyrrole nitrogens is 1. The predicted molar refractivity (Wildman–Crippen MR) is 106 cm³/mol. The van der Waals surface area contributed by atoms with Gasteiger partial charge in [0.15, 0.2) is 17.6 Å². The van der Waals surface area contributed by atoms with Crippen molar-refractivity contribution in [3.63, 3.8) is 0 Å². The predicted octanol–water partition coefficient (Wildman–Crippen LogP) is 3.44. The second-order valence-electron chi connectivity index (χ2n) is 6.82. The molecule has 0 aliphatic carbocycles. The van der Waals surface area contributed by atoms with Crippen LogP contribution in [0, 0.1) is 0 Å². The summed E-state index contributed by atoms with van der Waals surface area (Å²) in [5.74, 6) is 1.14. The largest absolute Gasteiger partial charge is 0.493 e. The molecule has 0 saturated heterocycles. The lowest BCUT2D eigenvalue weighted by molar-refractivity contribution is -0.138. The smallest absolute Gasteiger partial charge is 0.263 e. The summed E-state index contributed by atoms with van der Waals surface area (Å²) in [5.41, 5.74) is 4.13. The first-order valence-corrected chi connectivity index (χ1v) is 9.37. The van der Waals surface area contributed by atoms with E-state index in [-0.39, 0.29) is 5.91 Å². The van der Waals surface area contributed by atoms with Crippen LogP contribution in [-0.4, -0.2) is 40.8 Å². The number of nitrogens with zero attached hydrogens (tertiary/aromatic N) is 2. The van der Waals surface area contributed by atoms with Crippen molar-refractivity contribution in [1.29, 1.82) is 0 Å². The van der Waals surface area contributed by atoms with Crippen LogP contribution in [0.15, 0.2) is 54.6 Å². The maximum absolute atomic E-state index is 13.0. The Kier molecular flexibility index (Phi) is 5.02. The lowest BCUT2D eigenvalue weighted by Crippen LogP contribution is -2.43. The number of carbonyl (C=O) groups is 1. The average Bonchev–Trinajstić information content (AvgIpc) is 3.17. The fraction of sp³-hybridized carbons (Fsp3) is 0.273. The van der Waals surface area contributed by atoms with Gasteiger partial charge in [0, 0.05) is 36.3 Å². The standard InChI is InChI=1S/C22H23N3O3/c1-15(28-20-11-7-6-10-19(20)27-2)22(26)25-13-12-18-17(14-25)21(24-23-18)16-8-4-3-5-9-16/h3-11,15H,12-14H2,1-2H3,(H,23,24)/t15-/m1/s1. The van der Waals surface area contributed by atoms with Crippen molar-refractivity contribution in [3.8, 4) is 22.8 Å². The molecule has 1 aliphatic heterocycles. The van der Waals surface area contributed by atoms with Crippen molar-refractivity contribution >= 4 is 5.91 Å². The molecule has 1 amide bonds. The summed E-state index contributed by atoms with van der Waals surface area (Å²) in [6.45, 7) is 2.94. The van der Waals surface area contributed by atoms with Crippen molar-refractivity contribution in [2.75, 3.05) is 13.7 Å². The maximum atomic E-state index is 13.0. The molecule has 1 aliphatic rings. The molecule has 144 valence electrons. The SMILES string of the molecule is COc1ccccc1O[C@H](C)C(=O)N1CCc2[nH]nc(-c3ccccc3)c2C1. The van der Waals surface area contributed by atoms with Gasteiger partial charge in [0.05, 0.1) is 12.8 Å². The Morgan fingerprint density at radius 2 is 1.82 bits per heavy atom. The Labute approximate surface area is 164 Å². The van der Waals surface area contributed by atoms with Gasteiger partial charge in [-0.05, 0) is 19.1 Å². The quantitative estimate of drug-likeness (QED) is 0.740. The molecule has 0 saturated carbocycles. The second kappa shape index (κ2) is 7.76. The van der Waals surface area contributed by atoms with E-state index in [1.165, 1.54) is 0 Å². The van der Waals surface area contributed by atoms with Gasteiger partial charge in [0.1, 0.15) is 0 Å². The molecule has 1 aromatic heterocycles. The van der Waals surface area contributed by atoms with Crippen molar-refractivity contribution in [2.24, 2.45) is 0 Å². The van der Waals surface area contributed by atoms with E-state index in [0.717, 1.165) is 28.9 Å². The van der Waals surface area contributed by atoms with Gasteiger partial charge >= 0.3 is 0 Å². The zero-order valence-electron chi connectivity index (χ0n) is 16.0. The van der Waals surface area contributed by atoms with E-state index in [1.54, 1.807) is 20.1 Å². The second-order valence-corrected chi connectivity index (χ2v) is 6.82. The number of aromatic nitrogens is 2. The van der Waals surface area contributed by atoms with Crippen molar-refractivity contribution in [2.45, 2.75) is 26.0 Å². The normalized spacial score (nSPS) is 14.3. The number of fused-ring (bicyclic) bond motifs is 1. The zero-order valence-corrected chi connectivity index (χ0v) is 16.0. The number of hydrogen-bond acceptors (Lipinski definition) is 4. The highest BCUT2D eigenvalue weighted by Gasteiger charge is 2.29. The van der Waals surface area contributed by atoms with E-state index in [1.807, 2.05) is 53.4 Å². The molecule has 1 atom stereocenters. The van der Waals surface area contributed by atoms with Crippen LogP contribution in [0.3, 0.4) is 0 Å². The molecule has 3 aromatic rings. The van der Waals surface area contributed by atoms with E-state index in [9.17, 15) is 4.79 Å². The number of nitrogens with one attached hydrogen (secondary N) is 1. The molecule has 4 rings (SSSR count). The van der Waals surface area contributed by atoms with Crippen LogP contribution in [0.1, 0.15) is 18.2 Å². The molecular formula is C22H23N3O3. The van der Waals surface area contributed by atoms with Gasteiger partial charge < -0.3 is 14.4 Å². The number of benzene rings is 2. The number of para-hydroxylation sites is 2. The van der Waals surface area contributed by atoms with Gasteiger partial charge in [-0.2, -0.15) is 5.10 Å². The van der Waals surface area contributed by atoms with Gasteiger partial charge in [0.25, 0.3) is 5.91 Å². The number of amides is 1. The van der Waals surface area contributed by atoms with Crippen LogP contribution in [0.5, 0.6) is 11.5 Å². The summed E-state index contributed by atoms with van der Waals surface area (Å²) in [4.78, 5) is 14.8. The lowest BCUT2D eigenvalue weighted by Gasteiger charge is -2.29. The molecule has 0 unspecified atom stereocenters. The third-order valence-electron chi connectivity index (χ3n) is 5.01. The Morgan fingerprint density at radius 3 is 2.57 bits per heavy atom. The number of hydrogen-bond donors (Lipinski definition) is 1. The van der Waals surface area contributed by atoms with Gasteiger partial charge in [-0.15, -0.1) is 0 Å². The van der Waals surface area contributed by atoms with E-state index < -0.39 is 6.10 Å². The van der Waals surface area contributed by atoms with E-state index >= 15 is 0 Å². The van der Waals surface area contributed by atoms with E-state index in [4.69, 9.17) is 9.47 Å². The molecule has 2 aromatic carbocycles. The molecule has 28 heavy (non-hydrogen) atoms. The Hall–Kier alpha value is -3.28. The first-order chi connectivity index (χ1) is 13.7. The minimum absolute atomic E-state index is 0.0447. The van der Waals surface area contributed by atoms with E-state index in [0.29, 0.717) is 24.6 Å². The molecule has 6 heteroatoms. The third kappa shape index (κ3) is 3.45. The van der Waals surface area contributed by atoms with Crippen LogP contribution in [0.4, 0.5) is 0 Å².